The highest BCUT2D eigenvalue weighted by Gasteiger charge is 2.36. The normalized spacial score (nSPS) is 17.7. The van der Waals surface area contributed by atoms with Crippen LogP contribution >= 0.6 is 11.8 Å². The molecule has 1 N–H and O–H groups in total. The molecule has 1 aromatic heterocycles. The van der Waals surface area contributed by atoms with Gasteiger partial charge in [-0.2, -0.15) is 4.98 Å². The minimum atomic E-state index is -0.277. The fourth-order valence-electron chi connectivity index (χ4n) is 4.23. The van der Waals surface area contributed by atoms with E-state index in [1.54, 1.807) is 11.8 Å². The van der Waals surface area contributed by atoms with Crippen molar-refractivity contribution >= 4 is 23.5 Å². The molecule has 0 bridgehead atoms. The lowest BCUT2D eigenvalue weighted by Gasteiger charge is -2.32. The van der Waals surface area contributed by atoms with Crippen molar-refractivity contribution < 1.29 is 9.53 Å². The summed E-state index contributed by atoms with van der Waals surface area (Å²) in [6.45, 7) is 4.02. The second kappa shape index (κ2) is 8.82. The lowest BCUT2D eigenvalue weighted by Crippen LogP contribution is -2.31. The van der Waals surface area contributed by atoms with E-state index in [0.717, 1.165) is 41.2 Å². The zero-order chi connectivity index (χ0) is 22.1. The lowest BCUT2D eigenvalue weighted by molar-refractivity contribution is -0.116. The first-order chi connectivity index (χ1) is 15.6. The van der Waals surface area contributed by atoms with Gasteiger partial charge in [-0.05, 0) is 49.9 Å². The number of rotatable bonds is 6. The fourth-order valence-corrected chi connectivity index (χ4v) is 5.01. The number of thioether (sulfide) groups is 1. The van der Waals surface area contributed by atoms with Gasteiger partial charge in [0.15, 0.2) is 5.78 Å². The zero-order valence-corrected chi connectivity index (χ0v) is 19.1. The molecule has 0 radical (unpaired) electrons. The van der Waals surface area contributed by atoms with E-state index < -0.39 is 0 Å². The van der Waals surface area contributed by atoms with E-state index in [2.05, 4.69) is 17.4 Å². The number of hydrogen-bond acceptors (Lipinski definition) is 6. The number of allylic oxidation sites excluding steroid dienone is 2. The number of hydrogen-bond donors (Lipinski definition) is 1. The molecule has 6 nitrogen and oxygen atoms in total. The predicted octanol–water partition coefficient (Wildman–Crippen LogP) is 5.38. The number of nitrogens with zero attached hydrogens (tertiary/aromatic N) is 3. The molecule has 3 aromatic rings. The molecule has 2 heterocycles. The molecule has 0 fully saturated rings. The molecule has 1 aliphatic heterocycles. The van der Waals surface area contributed by atoms with Gasteiger partial charge >= 0.3 is 0 Å². The smallest absolute Gasteiger partial charge is 0.227 e. The molecule has 0 spiro atoms. The Hall–Kier alpha value is -3.06. The average molecular weight is 447 g/mol. The van der Waals surface area contributed by atoms with E-state index >= 15 is 0 Å². The van der Waals surface area contributed by atoms with Crippen molar-refractivity contribution in [2.24, 2.45) is 0 Å². The van der Waals surface area contributed by atoms with Crippen LogP contribution in [0.4, 0.5) is 5.95 Å². The number of ether oxygens (including phenoxy) is 1. The minimum absolute atomic E-state index is 0.111. The summed E-state index contributed by atoms with van der Waals surface area (Å²) in [5.41, 5.74) is 4.03. The van der Waals surface area contributed by atoms with Crippen LogP contribution in [0.2, 0.25) is 0 Å². The third kappa shape index (κ3) is 4.17. The summed E-state index contributed by atoms with van der Waals surface area (Å²) in [4.78, 5) is 17.7. The third-order valence-electron chi connectivity index (χ3n) is 5.63. The summed E-state index contributed by atoms with van der Waals surface area (Å²) >= 11 is 1.60. The Balaban J connectivity index is 1.48. The number of nitrogens with one attached hydrogen (secondary N) is 1. The summed E-state index contributed by atoms with van der Waals surface area (Å²) in [7, 11) is 0. The van der Waals surface area contributed by atoms with Gasteiger partial charge in [-0.25, -0.2) is 4.68 Å². The van der Waals surface area contributed by atoms with E-state index in [4.69, 9.17) is 14.8 Å². The molecule has 7 heteroatoms. The quantitative estimate of drug-likeness (QED) is 0.513. The van der Waals surface area contributed by atoms with E-state index in [0.29, 0.717) is 17.5 Å². The molecule has 1 unspecified atom stereocenters. The van der Waals surface area contributed by atoms with Gasteiger partial charge in [0.2, 0.25) is 11.1 Å². The summed E-state index contributed by atoms with van der Waals surface area (Å²) in [6, 6.07) is 18.0. The number of aromatic nitrogens is 3. The van der Waals surface area contributed by atoms with Crippen molar-refractivity contribution in [3.8, 4) is 5.75 Å². The number of carbonyl (C=O) groups excluding carboxylic acids is 1. The van der Waals surface area contributed by atoms with Crippen LogP contribution in [0, 0.1) is 0 Å². The standard InChI is InChI=1S/C25H26N4O2S/c1-16(2)31-19-13-11-18(12-14-19)23-22-20(9-6-10-21(22)30)26-24-27-25(28-29(23)24)32-15-17-7-4-3-5-8-17/h3-5,7-8,11-14,16,23H,6,9-10,15H2,1-2H3,(H,26,27,28). The van der Waals surface area contributed by atoms with E-state index in [1.807, 2.05) is 61.0 Å². The van der Waals surface area contributed by atoms with Crippen LogP contribution in [-0.2, 0) is 10.5 Å². The monoisotopic (exact) mass is 446 g/mol. The molecule has 0 saturated heterocycles. The molecule has 2 aromatic carbocycles. The number of anilines is 1. The zero-order valence-electron chi connectivity index (χ0n) is 18.2. The summed E-state index contributed by atoms with van der Waals surface area (Å²) < 4.78 is 7.67. The molecule has 0 amide bonds. The number of benzene rings is 2. The highest BCUT2D eigenvalue weighted by Crippen LogP contribution is 2.41. The van der Waals surface area contributed by atoms with Crippen molar-refractivity contribution in [2.45, 2.75) is 56.2 Å². The van der Waals surface area contributed by atoms with Gasteiger partial charge in [0.05, 0.1) is 6.10 Å². The Morgan fingerprint density at radius 1 is 1.12 bits per heavy atom. The van der Waals surface area contributed by atoms with Crippen LogP contribution in [0.25, 0.3) is 0 Å². The first-order valence-corrected chi connectivity index (χ1v) is 12.0. The molecular weight excluding hydrogens is 420 g/mol. The van der Waals surface area contributed by atoms with E-state index in [-0.39, 0.29) is 17.9 Å². The number of ketones is 1. The molecule has 2 aliphatic rings. The number of Topliss-reactive ketones (excluding diaryl/α,β-unsaturated/α-hetero) is 1. The summed E-state index contributed by atoms with van der Waals surface area (Å²) in [5, 5.41) is 8.91. The Kier molecular flexibility index (Phi) is 5.74. The van der Waals surface area contributed by atoms with E-state index in [1.165, 1.54) is 5.56 Å². The van der Waals surface area contributed by atoms with Crippen molar-refractivity contribution in [3.63, 3.8) is 0 Å². The first kappa shape index (κ1) is 20.8. The van der Waals surface area contributed by atoms with Crippen LogP contribution in [0.1, 0.15) is 50.3 Å². The van der Waals surface area contributed by atoms with Crippen molar-refractivity contribution in [3.05, 3.63) is 77.0 Å². The fraction of sp³-hybridized carbons (Fsp3) is 0.320. The Morgan fingerprint density at radius 2 is 1.91 bits per heavy atom. The van der Waals surface area contributed by atoms with Gasteiger partial charge < -0.3 is 10.1 Å². The van der Waals surface area contributed by atoms with Gasteiger partial charge in [-0.15, -0.1) is 5.10 Å². The molecular formula is C25H26N4O2S. The van der Waals surface area contributed by atoms with Crippen LogP contribution in [0.3, 0.4) is 0 Å². The average Bonchev–Trinajstić information content (AvgIpc) is 3.20. The maximum absolute atomic E-state index is 13.0. The molecule has 5 rings (SSSR count). The SMILES string of the molecule is CC(C)Oc1ccc(C2C3=C(CCCC3=O)Nc3nc(SCc4ccccc4)nn32)cc1. The molecule has 1 atom stereocenters. The van der Waals surface area contributed by atoms with Gasteiger partial charge in [0, 0.05) is 23.4 Å². The van der Waals surface area contributed by atoms with Gasteiger partial charge in [0.1, 0.15) is 11.8 Å². The second-order valence-electron chi connectivity index (χ2n) is 8.37. The van der Waals surface area contributed by atoms with Crippen LogP contribution in [-0.4, -0.2) is 26.7 Å². The Morgan fingerprint density at radius 3 is 2.66 bits per heavy atom. The maximum atomic E-state index is 13.0. The number of fused-ring (bicyclic) bond motifs is 1. The lowest BCUT2D eigenvalue weighted by atomic mass is 9.85. The second-order valence-corrected chi connectivity index (χ2v) is 9.31. The summed E-state index contributed by atoms with van der Waals surface area (Å²) in [5.74, 6) is 2.50. The van der Waals surface area contributed by atoms with Gasteiger partial charge in [0.25, 0.3) is 0 Å². The molecule has 164 valence electrons. The largest absolute Gasteiger partial charge is 0.491 e. The molecule has 1 aliphatic carbocycles. The predicted molar refractivity (Wildman–Crippen MR) is 126 cm³/mol. The van der Waals surface area contributed by atoms with E-state index in [9.17, 15) is 4.79 Å². The highest BCUT2D eigenvalue weighted by atomic mass is 32.2. The summed E-state index contributed by atoms with van der Waals surface area (Å²) in [6.07, 6.45) is 2.40. The van der Waals surface area contributed by atoms with Crippen LogP contribution in [0.5, 0.6) is 5.75 Å². The van der Waals surface area contributed by atoms with Crippen molar-refractivity contribution in [2.75, 3.05) is 5.32 Å². The molecule has 32 heavy (non-hydrogen) atoms. The van der Waals surface area contributed by atoms with Crippen molar-refractivity contribution in [1.29, 1.82) is 0 Å². The van der Waals surface area contributed by atoms with Gasteiger partial charge in [-0.3, -0.25) is 4.79 Å². The third-order valence-corrected chi connectivity index (χ3v) is 6.54. The Labute approximate surface area is 192 Å². The Bertz CT molecular complexity index is 1150. The first-order valence-electron chi connectivity index (χ1n) is 11.0. The van der Waals surface area contributed by atoms with Crippen LogP contribution in [0.15, 0.2) is 71.0 Å². The molecule has 0 saturated carbocycles. The maximum Gasteiger partial charge on any atom is 0.227 e. The van der Waals surface area contributed by atoms with Crippen LogP contribution < -0.4 is 10.1 Å². The van der Waals surface area contributed by atoms with Crippen molar-refractivity contribution in [1.82, 2.24) is 14.8 Å². The topological polar surface area (TPSA) is 69.0 Å². The van der Waals surface area contributed by atoms with Gasteiger partial charge in [-0.1, -0.05) is 54.2 Å². The number of carbonyl (C=O) groups is 1. The minimum Gasteiger partial charge on any atom is -0.491 e. The highest BCUT2D eigenvalue weighted by molar-refractivity contribution is 7.98.